The van der Waals surface area contributed by atoms with Crippen LogP contribution in [0.1, 0.15) is 45.6 Å². The van der Waals surface area contributed by atoms with Gasteiger partial charge in [0.15, 0.2) is 0 Å². The molecule has 0 radical (unpaired) electrons. The standard InChI is InChI=1S/C19H26N2/c1-4-5-13-19(2,3)17-14-16(11-12-18(17)20)21-15-9-7-6-8-10-15/h6-12,14,21H,4-5,13,20H2,1-3H3. The van der Waals surface area contributed by atoms with Gasteiger partial charge in [0.25, 0.3) is 0 Å². The van der Waals surface area contributed by atoms with Gasteiger partial charge in [0.05, 0.1) is 0 Å². The zero-order chi connectivity index (χ0) is 15.3. The van der Waals surface area contributed by atoms with Crippen LogP contribution in [-0.2, 0) is 5.41 Å². The Bertz CT molecular complexity index is 573. The average Bonchev–Trinajstić information content (AvgIpc) is 2.48. The molecule has 0 unspecified atom stereocenters. The number of unbranched alkanes of at least 4 members (excludes halogenated alkanes) is 1. The molecule has 0 saturated heterocycles. The Labute approximate surface area is 128 Å². The highest BCUT2D eigenvalue weighted by Crippen LogP contribution is 2.35. The Morgan fingerprint density at radius 1 is 1.00 bits per heavy atom. The maximum absolute atomic E-state index is 6.21. The monoisotopic (exact) mass is 282 g/mol. The Kier molecular flexibility index (Phi) is 4.89. The molecule has 0 aliphatic rings. The van der Waals surface area contributed by atoms with Gasteiger partial charge >= 0.3 is 0 Å². The highest BCUT2D eigenvalue weighted by atomic mass is 14.9. The third kappa shape index (κ3) is 4.01. The lowest BCUT2D eigenvalue weighted by atomic mass is 9.79. The summed E-state index contributed by atoms with van der Waals surface area (Å²) in [6.07, 6.45) is 3.59. The lowest BCUT2D eigenvalue weighted by molar-refractivity contribution is 0.459. The van der Waals surface area contributed by atoms with Gasteiger partial charge in [-0.1, -0.05) is 51.8 Å². The van der Waals surface area contributed by atoms with Crippen molar-refractivity contribution in [2.75, 3.05) is 11.1 Å². The van der Waals surface area contributed by atoms with Crippen molar-refractivity contribution in [3.05, 3.63) is 54.1 Å². The largest absolute Gasteiger partial charge is 0.398 e. The van der Waals surface area contributed by atoms with Gasteiger partial charge in [0.1, 0.15) is 0 Å². The minimum absolute atomic E-state index is 0.106. The molecule has 0 heterocycles. The second-order valence-electron chi connectivity index (χ2n) is 6.28. The number of benzene rings is 2. The first-order valence-corrected chi connectivity index (χ1v) is 7.75. The summed E-state index contributed by atoms with van der Waals surface area (Å²) in [4.78, 5) is 0. The first-order valence-electron chi connectivity index (χ1n) is 7.75. The Morgan fingerprint density at radius 2 is 1.71 bits per heavy atom. The molecule has 0 aliphatic heterocycles. The van der Waals surface area contributed by atoms with Crippen LogP contribution >= 0.6 is 0 Å². The lowest BCUT2D eigenvalue weighted by Crippen LogP contribution is -2.19. The van der Waals surface area contributed by atoms with Gasteiger partial charge in [-0.2, -0.15) is 0 Å². The van der Waals surface area contributed by atoms with Crippen molar-refractivity contribution < 1.29 is 0 Å². The molecule has 2 heteroatoms. The molecule has 0 fully saturated rings. The number of hydrogen-bond donors (Lipinski definition) is 2. The second-order valence-corrected chi connectivity index (χ2v) is 6.28. The van der Waals surface area contributed by atoms with E-state index in [4.69, 9.17) is 5.73 Å². The van der Waals surface area contributed by atoms with Crippen LogP contribution in [-0.4, -0.2) is 0 Å². The number of para-hydroxylation sites is 1. The van der Waals surface area contributed by atoms with E-state index in [0.29, 0.717) is 0 Å². The molecule has 0 aromatic heterocycles. The van der Waals surface area contributed by atoms with Crippen LogP contribution in [0.2, 0.25) is 0 Å². The summed E-state index contributed by atoms with van der Waals surface area (Å²) >= 11 is 0. The molecule has 0 bridgehead atoms. The average molecular weight is 282 g/mol. The van der Waals surface area contributed by atoms with Crippen LogP contribution in [0.25, 0.3) is 0 Å². The van der Waals surface area contributed by atoms with E-state index in [1.54, 1.807) is 0 Å². The van der Waals surface area contributed by atoms with Crippen molar-refractivity contribution in [1.82, 2.24) is 0 Å². The van der Waals surface area contributed by atoms with Crippen LogP contribution in [0, 0.1) is 0 Å². The van der Waals surface area contributed by atoms with Gasteiger partial charge < -0.3 is 11.1 Å². The van der Waals surface area contributed by atoms with E-state index in [2.05, 4.69) is 44.3 Å². The fourth-order valence-electron chi connectivity index (χ4n) is 2.66. The van der Waals surface area contributed by atoms with Crippen LogP contribution in [0.5, 0.6) is 0 Å². The molecule has 2 aromatic rings. The molecule has 0 aliphatic carbocycles. The topological polar surface area (TPSA) is 38.0 Å². The summed E-state index contributed by atoms with van der Waals surface area (Å²) in [5, 5.41) is 3.44. The second kappa shape index (κ2) is 6.66. The van der Waals surface area contributed by atoms with E-state index in [1.807, 2.05) is 30.3 Å². The van der Waals surface area contributed by atoms with Crippen molar-refractivity contribution in [3.63, 3.8) is 0 Å². The van der Waals surface area contributed by atoms with Gasteiger partial charge in [-0.15, -0.1) is 0 Å². The lowest BCUT2D eigenvalue weighted by Gasteiger charge is -2.27. The minimum atomic E-state index is 0.106. The van der Waals surface area contributed by atoms with Crippen molar-refractivity contribution in [3.8, 4) is 0 Å². The SMILES string of the molecule is CCCCC(C)(C)c1cc(Nc2ccccc2)ccc1N. The van der Waals surface area contributed by atoms with Crippen molar-refractivity contribution in [2.24, 2.45) is 0 Å². The third-order valence-electron chi connectivity index (χ3n) is 4.00. The summed E-state index contributed by atoms with van der Waals surface area (Å²) < 4.78 is 0. The van der Waals surface area contributed by atoms with Crippen molar-refractivity contribution >= 4 is 17.1 Å². The molecule has 2 aromatic carbocycles. The highest BCUT2D eigenvalue weighted by molar-refractivity contribution is 5.65. The third-order valence-corrected chi connectivity index (χ3v) is 4.00. The maximum atomic E-state index is 6.21. The number of anilines is 3. The first-order chi connectivity index (χ1) is 10.0. The first kappa shape index (κ1) is 15.4. The summed E-state index contributed by atoms with van der Waals surface area (Å²) in [6.45, 7) is 6.79. The van der Waals surface area contributed by atoms with Crippen molar-refractivity contribution in [2.45, 2.75) is 45.4 Å². The number of nitrogen functional groups attached to an aromatic ring is 1. The maximum Gasteiger partial charge on any atom is 0.0388 e. The fourth-order valence-corrected chi connectivity index (χ4v) is 2.66. The van der Waals surface area contributed by atoms with E-state index in [1.165, 1.54) is 18.4 Å². The summed E-state index contributed by atoms with van der Waals surface area (Å²) in [6, 6.07) is 16.5. The molecule has 0 atom stereocenters. The summed E-state index contributed by atoms with van der Waals surface area (Å²) in [5.41, 5.74) is 10.6. The Morgan fingerprint density at radius 3 is 2.38 bits per heavy atom. The quantitative estimate of drug-likeness (QED) is 0.688. The number of nitrogens with one attached hydrogen (secondary N) is 1. The van der Waals surface area contributed by atoms with E-state index in [0.717, 1.165) is 23.5 Å². The molecule has 112 valence electrons. The van der Waals surface area contributed by atoms with Crippen LogP contribution in [0.15, 0.2) is 48.5 Å². The van der Waals surface area contributed by atoms with Gasteiger partial charge in [-0.05, 0) is 47.7 Å². The molecular formula is C19H26N2. The number of hydrogen-bond acceptors (Lipinski definition) is 2. The molecule has 2 rings (SSSR count). The Hall–Kier alpha value is -1.96. The van der Waals surface area contributed by atoms with E-state index >= 15 is 0 Å². The van der Waals surface area contributed by atoms with Gasteiger partial charge in [-0.3, -0.25) is 0 Å². The normalized spacial score (nSPS) is 11.4. The highest BCUT2D eigenvalue weighted by Gasteiger charge is 2.22. The predicted octanol–water partition coefficient (Wildman–Crippen LogP) is 5.48. The van der Waals surface area contributed by atoms with E-state index in [-0.39, 0.29) is 5.41 Å². The van der Waals surface area contributed by atoms with Crippen LogP contribution < -0.4 is 11.1 Å². The number of rotatable bonds is 6. The van der Waals surface area contributed by atoms with Gasteiger partial charge in [0.2, 0.25) is 0 Å². The minimum Gasteiger partial charge on any atom is -0.398 e. The molecule has 3 N–H and O–H groups in total. The van der Waals surface area contributed by atoms with Crippen molar-refractivity contribution in [1.29, 1.82) is 0 Å². The van der Waals surface area contributed by atoms with Crippen LogP contribution in [0.3, 0.4) is 0 Å². The van der Waals surface area contributed by atoms with E-state index < -0.39 is 0 Å². The zero-order valence-corrected chi connectivity index (χ0v) is 13.3. The fraction of sp³-hybridized carbons (Fsp3) is 0.368. The zero-order valence-electron chi connectivity index (χ0n) is 13.3. The summed E-state index contributed by atoms with van der Waals surface area (Å²) in [7, 11) is 0. The summed E-state index contributed by atoms with van der Waals surface area (Å²) in [5.74, 6) is 0. The molecule has 21 heavy (non-hydrogen) atoms. The Balaban J connectivity index is 2.25. The van der Waals surface area contributed by atoms with Gasteiger partial charge in [0, 0.05) is 17.1 Å². The smallest absolute Gasteiger partial charge is 0.0388 e. The molecule has 2 nitrogen and oxygen atoms in total. The predicted molar refractivity (Wildman–Crippen MR) is 93.1 cm³/mol. The van der Waals surface area contributed by atoms with E-state index in [9.17, 15) is 0 Å². The van der Waals surface area contributed by atoms with Gasteiger partial charge in [-0.25, -0.2) is 0 Å². The molecule has 0 amide bonds. The molecular weight excluding hydrogens is 256 g/mol. The number of nitrogens with two attached hydrogens (primary N) is 1. The molecule has 0 saturated carbocycles. The molecule has 0 spiro atoms. The van der Waals surface area contributed by atoms with Crippen LogP contribution in [0.4, 0.5) is 17.1 Å².